The molecule has 0 aliphatic heterocycles. The van der Waals surface area contributed by atoms with E-state index in [0.29, 0.717) is 6.07 Å². The van der Waals surface area contributed by atoms with Gasteiger partial charge in [-0.05, 0) is 35.5 Å². The number of aryl methyl sites for hydroxylation is 1. The Labute approximate surface area is 215 Å². The summed E-state index contributed by atoms with van der Waals surface area (Å²) in [5.74, 6) is -3.36. The van der Waals surface area contributed by atoms with Crippen LogP contribution in [0.2, 0.25) is 0 Å². The maximum atomic E-state index is 13.8. The molecule has 1 radical (unpaired) electrons. The van der Waals surface area contributed by atoms with Gasteiger partial charge in [0.15, 0.2) is 0 Å². The first-order chi connectivity index (χ1) is 16.5. The molecule has 0 aliphatic carbocycles. The molecule has 0 saturated heterocycles. The van der Waals surface area contributed by atoms with Crippen molar-refractivity contribution in [1.29, 1.82) is 0 Å². The monoisotopic (exact) mass is 645 g/mol. The first-order valence-electron chi connectivity index (χ1n) is 10.5. The van der Waals surface area contributed by atoms with Crippen LogP contribution in [-0.4, -0.2) is 9.97 Å². The molecule has 6 heteroatoms. The van der Waals surface area contributed by atoms with Crippen molar-refractivity contribution in [3.05, 3.63) is 132 Å². The van der Waals surface area contributed by atoms with Gasteiger partial charge in [-0.3, -0.25) is 4.39 Å². The normalized spacial score (nSPS) is 10.1. The van der Waals surface area contributed by atoms with Crippen LogP contribution in [0, 0.1) is 36.5 Å². The van der Waals surface area contributed by atoms with Crippen molar-refractivity contribution in [2.75, 3.05) is 0 Å². The van der Waals surface area contributed by atoms with Gasteiger partial charge in [0.2, 0.25) is 0 Å². The van der Waals surface area contributed by atoms with E-state index in [1.54, 1.807) is 18.5 Å². The predicted molar refractivity (Wildman–Crippen MR) is 127 cm³/mol. The molecule has 2 aromatic heterocycles. The number of aromatic nitrogens is 2. The Bertz CT molecular complexity index is 1340. The van der Waals surface area contributed by atoms with Gasteiger partial charge < -0.3 is 9.97 Å². The molecule has 35 heavy (non-hydrogen) atoms. The summed E-state index contributed by atoms with van der Waals surface area (Å²) >= 11 is 0. The van der Waals surface area contributed by atoms with Crippen LogP contribution >= 0.6 is 0 Å². The summed E-state index contributed by atoms with van der Waals surface area (Å²) in [5.41, 5.74) is 4.52. The summed E-state index contributed by atoms with van der Waals surface area (Å²) < 4.78 is 40.4. The molecule has 0 amide bonds. The van der Waals surface area contributed by atoms with Crippen LogP contribution in [-0.2, 0) is 20.1 Å². The predicted octanol–water partition coefficient (Wildman–Crippen LogP) is 7.49. The first kappa shape index (κ1) is 26.0. The third-order valence-electron chi connectivity index (χ3n) is 5.03. The number of hydrogen-bond donors (Lipinski definition) is 0. The van der Waals surface area contributed by atoms with Crippen LogP contribution in [0.1, 0.15) is 5.56 Å². The number of pyridine rings is 2. The fourth-order valence-electron chi connectivity index (χ4n) is 3.37. The molecule has 0 N–H and O–H groups in total. The summed E-state index contributed by atoms with van der Waals surface area (Å²) in [5, 5.41) is 0. The molecular formula is C29H19F3IrN2-2. The van der Waals surface area contributed by atoms with Gasteiger partial charge in [0, 0.05) is 43.9 Å². The minimum absolute atomic E-state index is 0. The second kappa shape index (κ2) is 12.2. The number of hydrogen-bond acceptors (Lipinski definition) is 2. The molecule has 2 heterocycles. The van der Waals surface area contributed by atoms with Crippen molar-refractivity contribution >= 4 is 0 Å². The van der Waals surface area contributed by atoms with E-state index >= 15 is 0 Å². The van der Waals surface area contributed by atoms with Crippen LogP contribution in [0.4, 0.5) is 13.2 Å². The van der Waals surface area contributed by atoms with Crippen LogP contribution in [0.5, 0.6) is 0 Å². The Morgan fingerprint density at radius 2 is 1.51 bits per heavy atom. The average Bonchev–Trinajstić information content (AvgIpc) is 2.88. The number of benzene rings is 3. The van der Waals surface area contributed by atoms with Crippen molar-refractivity contribution in [1.82, 2.24) is 9.97 Å². The molecule has 0 bridgehead atoms. The Kier molecular flexibility index (Phi) is 9.07. The summed E-state index contributed by atoms with van der Waals surface area (Å²) in [6.07, 6.45) is 3.35. The third-order valence-corrected chi connectivity index (χ3v) is 5.03. The quantitative estimate of drug-likeness (QED) is 0.150. The Morgan fingerprint density at radius 3 is 2.17 bits per heavy atom. The standard InChI is InChI=1S/C18H11F3N.C11H8N.Ir/c1-11-7-17(14-8-13(19)9-16(20)18(14)21)22-10-15(11)12-5-3-2-4-6-12;1-2-6-10(7-3-1)11-8-4-5-9-12-11;/h2-7,9-10H,1H3;1-6,8-9H;/q2*-1;. The SMILES string of the molecule is Cc1cc(-c2[c-]c(F)cc(F)c2F)ncc1-c1ccccc1.[Ir].[c-]1ccccc1-c1ccccn1. The van der Waals surface area contributed by atoms with Crippen LogP contribution < -0.4 is 0 Å². The van der Waals surface area contributed by atoms with E-state index in [4.69, 9.17) is 0 Å². The van der Waals surface area contributed by atoms with E-state index in [2.05, 4.69) is 22.1 Å². The van der Waals surface area contributed by atoms with Gasteiger partial charge in [0.05, 0.1) is 11.6 Å². The molecule has 0 spiro atoms. The maximum Gasteiger partial charge on any atom is 0.0792 e. The fourth-order valence-corrected chi connectivity index (χ4v) is 3.37. The molecule has 0 unspecified atom stereocenters. The molecular weight excluding hydrogens is 626 g/mol. The third kappa shape index (κ3) is 6.50. The van der Waals surface area contributed by atoms with E-state index in [1.165, 1.54) is 0 Å². The summed E-state index contributed by atoms with van der Waals surface area (Å²) in [7, 11) is 0. The van der Waals surface area contributed by atoms with E-state index in [9.17, 15) is 13.2 Å². The fraction of sp³-hybridized carbons (Fsp3) is 0.0345. The van der Waals surface area contributed by atoms with E-state index in [0.717, 1.165) is 27.9 Å². The van der Waals surface area contributed by atoms with Gasteiger partial charge in [-0.2, -0.15) is 0 Å². The zero-order chi connectivity index (χ0) is 23.9. The van der Waals surface area contributed by atoms with Crippen molar-refractivity contribution in [2.24, 2.45) is 0 Å². The minimum Gasteiger partial charge on any atom is -0.305 e. The smallest absolute Gasteiger partial charge is 0.0792 e. The van der Waals surface area contributed by atoms with Gasteiger partial charge in [-0.1, -0.05) is 60.2 Å². The van der Waals surface area contributed by atoms with Gasteiger partial charge in [0.1, 0.15) is 0 Å². The van der Waals surface area contributed by atoms with E-state index in [-0.39, 0.29) is 31.4 Å². The van der Waals surface area contributed by atoms with E-state index in [1.807, 2.05) is 79.7 Å². The molecule has 0 saturated carbocycles. The minimum atomic E-state index is -1.25. The molecule has 2 nitrogen and oxygen atoms in total. The topological polar surface area (TPSA) is 25.8 Å². The van der Waals surface area contributed by atoms with Gasteiger partial charge in [-0.15, -0.1) is 42.0 Å². The average molecular weight is 645 g/mol. The first-order valence-corrected chi connectivity index (χ1v) is 10.5. The van der Waals surface area contributed by atoms with Crippen molar-refractivity contribution < 1.29 is 33.3 Å². The molecule has 3 aromatic carbocycles. The van der Waals surface area contributed by atoms with Crippen LogP contribution in [0.25, 0.3) is 33.6 Å². The van der Waals surface area contributed by atoms with Gasteiger partial charge in [0.25, 0.3) is 0 Å². The van der Waals surface area contributed by atoms with Crippen molar-refractivity contribution in [3.8, 4) is 33.6 Å². The summed E-state index contributed by atoms with van der Waals surface area (Å²) in [4.78, 5) is 8.34. The van der Waals surface area contributed by atoms with Crippen LogP contribution in [0.3, 0.4) is 0 Å². The molecule has 0 aliphatic rings. The number of halogens is 3. The second-order valence-electron chi connectivity index (χ2n) is 7.40. The largest absolute Gasteiger partial charge is 0.305 e. The molecule has 5 aromatic rings. The number of rotatable bonds is 3. The molecule has 177 valence electrons. The molecule has 0 atom stereocenters. The summed E-state index contributed by atoms with van der Waals surface area (Å²) in [6, 6.07) is 30.6. The maximum absolute atomic E-state index is 13.8. The Morgan fingerprint density at radius 1 is 0.771 bits per heavy atom. The van der Waals surface area contributed by atoms with Crippen molar-refractivity contribution in [3.63, 3.8) is 0 Å². The zero-order valence-electron chi connectivity index (χ0n) is 18.6. The Hall–Kier alpha value is -3.60. The molecule has 0 fully saturated rings. The molecule has 5 rings (SSSR count). The van der Waals surface area contributed by atoms with Crippen LogP contribution in [0.15, 0.2) is 97.3 Å². The van der Waals surface area contributed by atoms with Crippen molar-refractivity contribution in [2.45, 2.75) is 6.92 Å². The zero-order valence-corrected chi connectivity index (χ0v) is 21.0. The number of nitrogens with zero attached hydrogens (tertiary/aromatic N) is 2. The van der Waals surface area contributed by atoms with Gasteiger partial charge >= 0.3 is 0 Å². The second-order valence-corrected chi connectivity index (χ2v) is 7.40. The van der Waals surface area contributed by atoms with E-state index < -0.39 is 17.5 Å². The summed E-state index contributed by atoms with van der Waals surface area (Å²) in [6.45, 7) is 1.83. The Balaban J connectivity index is 0.000000223. The van der Waals surface area contributed by atoms with Gasteiger partial charge in [-0.25, -0.2) is 8.78 Å².